The van der Waals surface area contributed by atoms with Crippen molar-refractivity contribution in [1.29, 1.82) is 0 Å². The number of anilines is 1. The lowest BCUT2D eigenvalue weighted by molar-refractivity contribution is -0.140. The van der Waals surface area contributed by atoms with E-state index in [1.54, 1.807) is 6.20 Å². The molecule has 0 fully saturated rings. The number of carbonyl (C=O) groups is 1. The van der Waals surface area contributed by atoms with Crippen molar-refractivity contribution >= 4 is 35.1 Å². The molecule has 0 aliphatic heterocycles. The minimum Gasteiger partial charge on any atom is -0.469 e. The van der Waals surface area contributed by atoms with Crippen LogP contribution in [0.5, 0.6) is 0 Å². The summed E-state index contributed by atoms with van der Waals surface area (Å²) >= 11 is 7.47. The summed E-state index contributed by atoms with van der Waals surface area (Å²) < 4.78 is 4.55. The molecule has 0 saturated heterocycles. The Balaban J connectivity index is 2.61. The van der Waals surface area contributed by atoms with Gasteiger partial charge < -0.3 is 10.5 Å². The van der Waals surface area contributed by atoms with Gasteiger partial charge in [-0.3, -0.25) is 4.79 Å². The van der Waals surface area contributed by atoms with Gasteiger partial charge in [0, 0.05) is 16.8 Å². The smallest absolute Gasteiger partial charge is 0.306 e. The van der Waals surface area contributed by atoms with Gasteiger partial charge in [0.2, 0.25) is 0 Å². The Kier molecular flexibility index (Phi) is 4.89. The van der Waals surface area contributed by atoms with Gasteiger partial charge in [-0.25, -0.2) is 4.98 Å². The fraction of sp³-hybridized carbons (Fsp3) is 0.400. The van der Waals surface area contributed by atoms with Crippen LogP contribution in [0.3, 0.4) is 0 Å². The lowest BCUT2D eigenvalue weighted by Gasteiger charge is -2.07. The molecular formula is C10H13ClN2O2S. The van der Waals surface area contributed by atoms with Gasteiger partial charge in [0.25, 0.3) is 0 Å². The number of esters is 1. The molecule has 4 nitrogen and oxygen atoms in total. The van der Waals surface area contributed by atoms with E-state index in [1.165, 1.54) is 18.9 Å². The first-order chi connectivity index (χ1) is 7.56. The van der Waals surface area contributed by atoms with Gasteiger partial charge in [0.15, 0.2) is 0 Å². The van der Waals surface area contributed by atoms with Crippen molar-refractivity contribution in [1.82, 2.24) is 4.98 Å². The van der Waals surface area contributed by atoms with E-state index in [2.05, 4.69) is 9.72 Å². The third-order valence-electron chi connectivity index (χ3n) is 2.04. The zero-order valence-electron chi connectivity index (χ0n) is 9.12. The SMILES string of the molecule is COC(=O)CCSc1cnc(N)c(Cl)c1C. The van der Waals surface area contributed by atoms with Crippen molar-refractivity contribution in [3.8, 4) is 0 Å². The molecule has 0 aromatic carbocycles. The van der Waals surface area contributed by atoms with E-state index in [0.29, 0.717) is 23.0 Å². The van der Waals surface area contributed by atoms with Gasteiger partial charge >= 0.3 is 5.97 Å². The molecule has 0 aliphatic rings. The number of aromatic nitrogens is 1. The molecule has 0 atom stereocenters. The molecule has 0 radical (unpaired) electrons. The number of hydrogen-bond donors (Lipinski definition) is 1. The highest BCUT2D eigenvalue weighted by molar-refractivity contribution is 7.99. The number of carbonyl (C=O) groups excluding carboxylic acids is 1. The predicted molar refractivity (Wildman–Crippen MR) is 65.8 cm³/mol. The summed E-state index contributed by atoms with van der Waals surface area (Å²) in [5.74, 6) is 0.742. The Bertz CT molecular complexity index is 399. The molecule has 16 heavy (non-hydrogen) atoms. The number of pyridine rings is 1. The average Bonchev–Trinajstić information content (AvgIpc) is 2.29. The Labute approximate surface area is 104 Å². The number of nitrogens with two attached hydrogens (primary N) is 1. The van der Waals surface area contributed by atoms with E-state index in [-0.39, 0.29) is 5.97 Å². The molecular weight excluding hydrogens is 248 g/mol. The highest BCUT2D eigenvalue weighted by Crippen LogP contribution is 2.30. The van der Waals surface area contributed by atoms with Crippen molar-refractivity contribution in [3.63, 3.8) is 0 Å². The van der Waals surface area contributed by atoms with E-state index in [0.717, 1.165) is 10.5 Å². The fourth-order valence-corrected chi connectivity index (χ4v) is 2.21. The van der Waals surface area contributed by atoms with Crippen LogP contribution >= 0.6 is 23.4 Å². The first-order valence-electron chi connectivity index (χ1n) is 4.66. The largest absolute Gasteiger partial charge is 0.469 e. The van der Waals surface area contributed by atoms with Crippen LogP contribution in [0.2, 0.25) is 5.02 Å². The lowest BCUT2D eigenvalue weighted by atomic mass is 10.3. The Morgan fingerprint density at radius 3 is 3.00 bits per heavy atom. The molecule has 6 heteroatoms. The summed E-state index contributed by atoms with van der Waals surface area (Å²) in [5.41, 5.74) is 6.45. The molecule has 88 valence electrons. The second kappa shape index (κ2) is 5.96. The van der Waals surface area contributed by atoms with Crippen molar-refractivity contribution in [2.45, 2.75) is 18.2 Å². The van der Waals surface area contributed by atoms with Crippen LogP contribution in [0, 0.1) is 6.92 Å². The van der Waals surface area contributed by atoms with Crippen LogP contribution in [0.4, 0.5) is 5.82 Å². The van der Waals surface area contributed by atoms with Crippen molar-refractivity contribution in [3.05, 3.63) is 16.8 Å². The van der Waals surface area contributed by atoms with Gasteiger partial charge in [0.1, 0.15) is 5.82 Å². The predicted octanol–water partition coefficient (Wildman–Crippen LogP) is 2.28. The maximum atomic E-state index is 10.9. The quantitative estimate of drug-likeness (QED) is 0.665. The average molecular weight is 261 g/mol. The first kappa shape index (κ1) is 13.1. The van der Waals surface area contributed by atoms with Crippen molar-refractivity contribution in [2.75, 3.05) is 18.6 Å². The number of methoxy groups -OCH3 is 1. The van der Waals surface area contributed by atoms with Crippen LogP contribution < -0.4 is 5.73 Å². The fourth-order valence-electron chi connectivity index (χ4n) is 1.07. The standard InChI is InChI=1S/C10H13ClN2O2S/c1-6-7(5-13-10(12)9(6)11)16-4-3-8(14)15-2/h5H,3-4H2,1-2H3,(H2,12,13). The minimum atomic E-state index is -0.223. The summed E-state index contributed by atoms with van der Waals surface area (Å²) in [5, 5.41) is 0.475. The van der Waals surface area contributed by atoms with E-state index in [4.69, 9.17) is 17.3 Å². The maximum Gasteiger partial charge on any atom is 0.306 e. The number of nitrogen functional groups attached to an aromatic ring is 1. The summed E-state index contributed by atoms with van der Waals surface area (Å²) in [6.45, 7) is 1.88. The minimum absolute atomic E-state index is 0.223. The zero-order valence-corrected chi connectivity index (χ0v) is 10.7. The van der Waals surface area contributed by atoms with E-state index in [9.17, 15) is 4.79 Å². The number of halogens is 1. The molecule has 0 spiro atoms. The number of ether oxygens (including phenoxy) is 1. The third-order valence-corrected chi connectivity index (χ3v) is 3.64. The number of thioether (sulfide) groups is 1. The summed E-state index contributed by atoms with van der Waals surface area (Å²) in [7, 11) is 1.37. The highest BCUT2D eigenvalue weighted by atomic mass is 35.5. The Morgan fingerprint density at radius 2 is 2.38 bits per heavy atom. The van der Waals surface area contributed by atoms with Crippen LogP contribution in [0.15, 0.2) is 11.1 Å². The molecule has 0 saturated carbocycles. The van der Waals surface area contributed by atoms with Gasteiger partial charge in [-0.05, 0) is 12.5 Å². The molecule has 1 aromatic rings. The van der Waals surface area contributed by atoms with Crippen LogP contribution in [0.1, 0.15) is 12.0 Å². The van der Waals surface area contributed by atoms with Gasteiger partial charge in [-0.2, -0.15) is 0 Å². The molecule has 0 bridgehead atoms. The van der Waals surface area contributed by atoms with Gasteiger partial charge in [0.05, 0.1) is 18.6 Å². The molecule has 0 aliphatic carbocycles. The normalized spacial score (nSPS) is 10.2. The molecule has 1 aromatic heterocycles. The first-order valence-corrected chi connectivity index (χ1v) is 6.02. The zero-order chi connectivity index (χ0) is 12.1. The topological polar surface area (TPSA) is 65.2 Å². The van der Waals surface area contributed by atoms with E-state index in [1.807, 2.05) is 6.92 Å². The number of nitrogens with zero attached hydrogens (tertiary/aromatic N) is 1. The Morgan fingerprint density at radius 1 is 1.69 bits per heavy atom. The van der Waals surface area contributed by atoms with Crippen LogP contribution in [-0.4, -0.2) is 23.8 Å². The van der Waals surface area contributed by atoms with Gasteiger partial charge in [-0.15, -0.1) is 11.8 Å². The molecule has 0 amide bonds. The van der Waals surface area contributed by atoms with Crippen LogP contribution in [-0.2, 0) is 9.53 Å². The van der Waals surface area contributed by atoms with Crippen molar-refractivity contribution < 1.29 is 9.53 Å². The van der Waals surface area contributed by atoms with Crippen LogP contribution in [0.25, 0.3) is 0 Å². The molecule has 0 unspecified atom stereocenters. The maximum absolute atomic E-state index is 10.9. The van der Waals surface area contributed by atoms with E-state index >= 15 is 0 Å². The Hall–Kier alpha value is -0.940. The van der Waals surface area contributed by atoms with E-state index < -0.39 is 0 Å². The number of hydrogen-bond acceptors (Lipinski definition) is 5. The summed E-state index contributed by atoms with van der Waals surface area (Å²) in [4.78, 5) is 15.8. The summed E-state index contributed by atoms with van der Waals surface area (Å²) in [6, 6.07) is 0. The monoisotopic (exact) mass is 260 g/mol. The second-order valence-corrected chi connectivity index (χ2v) is 4.64. The number of rotatable bonds is 4. The van der Waals surface area contributed by atoms with Crippen molar-refractivity contribution in [2.24, 2.45) is 0 Å². The molecule has 1 heterocycles. The third kappa shape index (κ3) is 3.28. The highest BCUT2D eigenvalue weighted by Gasteiger charge is 2.08. The lowest BCUT2D eigenvalue weighted by Crippen LogP contribution is -2.01. The second-order valence-electron chi connectivity index (χ2n) is 3.12. The molecule has 2 N–H and O–H groups in total. The van der Waals surface area contributed by atoms with Gasteiger partial charge in [-0.1, -0.05) is 11.6 Å². The summed E-state index contributed by atoms with van der Waals surface area (Å²) in [6.07, 6.45) is 2.03. The molecule has 1 rings (SSSR count).